The van der Waals surface area contributed by atoms with Crippen LogP contribution in [0.25, 0.3) is 11.1 Å². The van der Waals surface area contributed by atoms with Crippen molar-refractivity contribution in [2.75, 3.05) is 0 Å². The molecule has 0 saturated heterocycles. The van der Waals surface area contributed by atoms with Gasteiger partial charge in [-0.15, -0.1) is 0 Å². The lowest BCUT2D eigenvalue weighted by Gasteiger charge is -2.15. The molecule has 0 fully saturated rings. The van der Waals surface area contributed by atoms with Crippen molar-refractivity contribution in [2.45, 2.75) is 47.6 Å². The number of hydrogen-bond donors (Lipinski definition) is 3. The molecule has 198 valence electrons. The van der Waals surface area contributed by atoms with Gasteiger partial charge in [-0.1, -0.05) is 41.5 Å². The maximum absolute atomic E-state index is 5.28. The SMILES string of the molecule is Cc1cc(C)c(/C2=c3\cc/c([nH]3)=c3\cc/c([nH]3)=C(\c3c(C)cc(C)cc3C)c3ccc([nH]3)C3C=CC2=N3)c(C)c1. The largest absolute Gasteiger partial charge is 0.356 e. The maximum atomic E-state index is 5.28. The second-order valence-electron chi connectivity index (χ2n) is 11.5. The van der Waals surface area contributed by atoms with E-state index in [1.165, 1.54) is 50.1 Å². The van der Waals surface area contributed by atoms with E-state index in [0.29, 0.717) is 0 Å². The van der Waals surface area contributed by atoms with Crippen LogP contribution in [0.4, 0.5) is 0 Å². The number of fused-ring (bicyclic) bond motifs is 8. The molecule has 3 aromatic heterocycles. The molecule has 2 aromatic carbocycles. The van der Waals surface area contributed by atoms with Crippen molar-refractivity contribution in [3.8, 4) is 0 Å². The normalized spacial score (nSPS) is 19.6. The third-order valence-electron chi connectivity index (χ3n) is 8.32. The second-order valence-corrected chi connectivity index (χ2v) is 11.5. The number of aromatic nitrogens is 3. The van der Waals surface area contributed by atoms with E-state index in [2.05, 4.69) is 129 Å². The molecule has 0 radical (unpaired) electrons. The lowest BCUT2D eigenvalue weighted by Crippen LogP contribution is -2.16. The van der Waals surface area contributed by atoms with Gasteiger partial charge in [0.25, 0.3) is 0 Å². The maximum Gasteiger partial charge on any atom is 0.109 e. The Morgan fingerprint density at radius 3 is 1.62 bits per heavy atom. The van der Waals surface area contributed by atoms with Crippen molar-refractivity contribution in [3.05, 3.63) is 150 Å². The van der Waals surface area contributed by atoms with Crippen LogP contribution in [0.5, 0.6) is 0 Å². The lowest BCUT2D eigenvalue weighted by atomic mass is 9.91. The topological polar surface area (TPSA) is 59.7 Å². The highest BCUT2D eigenvalue weighted by atomic mass is 14.9. The summed E-state index contributed by atoms with van der Waals surface area (Å²) in [6.45, 7) is 13.2. The summed E-state index contributed by atoms with van der Waals surface area (Å²) in [5.74, 6) is 0. The van der Waals surface area contributed by atoms with Crippen LogP contribution in [-0.2, 0) is 0 Å². The van der Waals surface area contributed by atoms with Gasteiger partial charge in [0.15, 0.2) is 0 Å². The van der Waals surface area contributed by atoms with Gasteiger partial charge in [-0.2, -0.15) is 0 Å². The number of nitrogens with zero attached hydrogens (tertiary/aromatic N) is 1. The van der Waals surface area contributed by atoms with Crippen LogP contribution >= 0.6 is 0 Å². The van der Waals surface area contributed by atoms with E-state index in [4.69, 9.17) is 4.99 Å². The number of allylic oxidation sites excluding steroid dienone is 1. The van der Waals surface area contributed by atoms with Crippen LogP contribution in [0.15, 0.2) is 77.8 Å². The van der Waals surface area contributed by atoms with E-state index >= 15 is 0 Å². The number of benzene rings is 2. The molecular weight excluding hydrogens is 488 g/mol. The first kappa shape index (κ1) is 24.5. The van der Waals surface area contributed by atoms with Crippen LogP contribution in [-0.4, -0.2) is 20.7 Å². The molecule has 0 amide bonds. The van der Waals surface area contributed by atoms with Crippen molar-refractivity contribution in [1.29, 1.82) is 0 Å². The number of aliphatic imine (C=N–C) groups is 1. The van der Waals surface area contributed by atoms with Crippen molar-refractivity contribution >= 4 is 16.9 Å². The molecule has 3 N–H and O–H groups in total. The molecular formula is C36H34N4. The zero-order chi connectivity index (χ0) is 27.7. The summed E-state index contributed by atoms with van der Waals surface area (Å²) in [7, 11) is 0. The Hall–Kier alpha value is -4.57. The van der Waals surface area contributed by atoms with Crippen molar-refractivity contribution in [2.24, 2.45) is 4.99 Å². The zero-order valence-electron chi connectivity index (χ0n) is 24.0. The standard InChI is InChI=1S/C36H34N4/c1-19-15-21(3)33(22(4)16-19)35-29-11-7-25(37-29)27-9-13-31(39-27)36(34-23(5)17-20(2)18-24(34)6)32-14-10-28(40-32)26-8-12-30(35)38-26/h7-18,25,38-40H,1-6H3/b28-26-,35-30+,36-32+. The minimum absolute atomic E-state index is 0.0668. The number of aromatic amines is 3. The van der Waals surface area contributed by atoms with E-state index < -0.39 is 0 Å². The van der Waals surface area contributed by atoms with E-state index in [1.54, 1.807) is 0 Å². The fourth-order valence-electron chi connectivity index (χ4n) is 6.83. The van der Waals surface area contributed by atoms with E-state index in [0.717, 1.165) is 44.1 Å². The van der Waals surface area contributed by atoms with Gasteiger partial charge in [0.2, 0.25) is 0 Å². The molecule has 1 unspecified atom stereocenters. The van der Waals surface area contributed by atoms with Crippen LogP contribution in [0.2, 0.25) is 0 Å². The average Bonchev–Trinajstić information content (AvgIpc) is 3.69. The van der Waals surface area contributed by atoms with Crippen molar-refractivity contribution in [3.63, 3.8) is 0 Å². The molecule has 4 nitrogen and oxygen atoms in total. The summed E-state index contributed by atoms with van der Waals surface area (Å²) >= 11 is 0. The predicted octanol–water partition coefficient (Wildman–Crippen LogP) is 6.32. The number of rotatable bonds is 2. The Labute approximate surface area is 234 Å². The second kappa shape index (κ2) is 8.99. The predicted molar refractivity (Wildman–Crippen MR) is 164 cm³/mol. The van der Waals surface area contributed by atoms with Gasteiger partial charge in [-0.25, -0.2) is 0 Å². The lowest BCUT2D eigenvalue weighted by molar-refractivity contribution is 0.890. The van der Waals surface area contributed by atoms with Gasteiger partial charge in [0, 0.05) is 33.2 Å². The van der Waals surface area contributed by atoms with Crippen LogP contribution in [0, 0.1) is 52.2 Å². The average molecular weight is 523 g/mol. The van der Waals surface area contributed by atoms with Gasteiger partial charge in [0.05, 0.1) is 16.4 Å². The minimum atomic E-state index is -0.0668. The molecule has 0 aliphatic carbocycles. The number of H-pyrrole nitrogens is 3. The molecule has 1 atom stereocenters. The first-order chi connectivity index (χ1) is 19.3. The van der Waals surface area contributed by atoms with E-state index in [-0.39, 0.29) is 6.04 Å². The Balaban J connectivity index is 1.62. The molecule has 4 heteroatoms. The van der Waals surface area contributed by atoms with Crippen LogP contribution in [0.1, 0.15) is 61.9 Å². The zero-order valence-corrected chi connectivity index (χ0v) is 24.0. The highest BCUT2D eigenvalue weighted by Gasteiger charge is 2.23. The third kappa shape index (κ3) is 3.86. The Morgan fingerprint density at radius 1 is 0.550 bits per heavy atom. The van der Waals surface area contributed by atoms with Crippen molar-refractivity contribution in [1.82, 2.24) is 15.0 Å². The minimum Gasteiger partial charge on any atom is -0.356 e. The molecule has 7 rings (SSSR count). The Morgan fingerprint density at radius 2 is 1.05 bits per heavy atom. The summed E-state index contributed by atoms with van der Waals surface area (Å²) in [5, 5.41) is 4.28. The van der Waals surface area contributed by atoms with Gasteiger partial charge in [0.1, 0.15) is 6.04 Å². The molecule has 0 saturated carbocycles. The highest BCUT2D eigenvalue weighted by molar-refractivity contribution is 6.30. The first-order valence-electron chi connectivity index (χ1n) is 14.0. The number of aryl methyl sites for hydroxylation is 6. The van der Waals surface area contributed by atoms with E-state index in [9.17, 15) is 0 Å². The van der Waals surface area contributed by atoms with Gasteiger partial charge < -0.3 is 15.0 Å². The summed E-state index contributed by atoms with van der Waals surface area (Å²) in [6.07, 6.45) is 4.39. The van der Waals surface area contributed by atoms with Crippen LogP contribution < -0.4 is 10.7 Å². The summed E-state index contributed by atoms with van der Waals surface area (Å²) in [5.41, 5.74) is 15.6. The fourth-order valence-corrected chi connectivity index (χ4v) is 6.83. The Bertz CT molecular complexity index is 2080. The first-order valence-corrected chi connectivity index (χ1v) is 14.0. The monoisotopic (exact) mass is 522 g/mol. The van der Waals surface area contributed by atoms with Crippen molar-refractivity contribution < 1.29 is 0 Å². The molecule has 2 aliphatic rings. The van der Waals surface area contributed by atoms with E-state index in [1.807, 2.05) is 0 Å². The molecule has 2 aliphatic heterocycles. The number of nitrogens with one attached hydrogen (secondary N) is 3. The summed E-state index contributed by atoms with van der Waals surface area (Å²) < 4.78 is 0. The quantitative estimate of drug-likeness (QED) is 0.243. The molecule has 40 heavy (non-hydrogen) atoms. The van der Waals surface area contributed by atoms with Gasteiger partial charge in [-0.05, 0) is 117 Å². The molecule has 5 aromatic rings. The van der Waals surface area contributed by atoms with Gasteiger partial charge >= 0.3 is 0 Å². The highest BCUT2D eigenvalue weighted by Crippen LogP contribution is 2.33. The molecule has 5 heterocycles. The summed E-state index contributed by atoms with van der Waals surface area (Å²) in [6, 6.07) is 22.2. The van der Waals surface area contributed by atoms with Gasteiger partial charge in [-0.3, -0.25) is 4.99 Å². The molecule has 0 spiro atoms. The summed E-state index contributed by atoms with van der Waals surface area (Å²) in [4.78, 5) is 16.5. The third-order valence-corrected chi connectivity index (χ3v) is 8.32. The fraction of sp³-hybridized carbons (Fsp3) is 0.194. The molecule has 8 bridgehead atoms. The smallest absolute Gasteiger partial charge is 0.109 e. The van der Waals surface area contributed by atoms with Crippen LogP contribution in [0.3, 0.4) is 0 Å². The Kier molecular flexibility index (Phi) is 5.50. The number of hydrogen-bond acceptors (Lipinski definition) is 1.